The zero-order valence-corrected chi connectivity index (χ0v) is 12.0. The van der Waals surface area contributed by atoms with Crippen molar-refractivity contribution in [2.24, 2.45) is 5.84 Å². The molecule has 8 heteroatoms. The molecule has 7 nitrogen and oxygen atoms in total. The molecule has 0 aliphatic heterocycles. The summed E-state index contributed by atoms with van der Waals surface area (Å²) in [6.45, 7) is 0.313. The van der Waals surface area contributed by atoms with Gasteiger partial charge in [0, 0.05) is 25.4 Å². The van der Waals surface area contributed by atoms with Crippen LogP contribution in [0.25, 0.3) is 0 Å². The molecule has 0 atom stereocenters. The van der Waals surface area contributed by atoms with Crippen molar-refractivity contribution in [3.05, 3.63) is 18.3 Å². The zero-order chi connectivity index (χ0) is 14.6. The number of hydrazine groups is 1. The highest BCUT2D eigenvalue weighted by molar-refractivity contribution is 7.89. The number of sulfonamides is 1. The van der Waals surface area contributed by atoms with Gasteiger partial charge in [0.1, 0.15) is 10.7 Å². The molecular formula is C12H20N4O3S. The number of hydrogen-bond acceptors (Lipinski definition) is 6. The van der Waals surface area contributed by atoms with Gasteiger partial charge in [-0.3, -0.25) is 0 Å². The summed E-state index contributed by atoms with van der Waals surface area (Å²) in [5, 5.41) is 8.94. The maximum absolute atomic E-state index is 12.6. The second-order valence-corrected chi connectivity index (χ2v) is 6.69. The lowest BCUT2D eigenvalue weighted by Crippen LogP contribution is -2.44. The molecule has 20 heavy (non-hydrogen) atoms. The number of anilines is 1. The maximum Gasteiger partial charge on any atom is 0.244 e. The van der Waals surface area contributed by atoms with Gasteiger partial charge < -0.3 is 10.5 Å². The molecule has 1 saturated carbocycles. The van der Waals surface area contributed by atoms with E-state index in [-0.39, 0.29) is 17.5 Å². The Morgan fingerprint density at radius 2 is 2.20 bits per heavy atom. The minimum Gasteiger partial charge on any atom is -0.396 e. The number of aliphatic hydroxyl groups excluding tert-OH is 1. The molecule has 0 bridgehead atoms. The first-order valence-electron chi connectivity index (χ1n) is 6.65. The van der Waals surface area contributed by atoms with Crippen LogP contribution in [0.5, 0.6) is 0 Å². The van der Waals surface area contributed by atoms with Crippen molar-refractivity contribution in [1.29, 1.82) is 0 Å². The molecule has 0 spiro atoms. The van der Waals surface area contributed by atoms with Gasteiger partial charge in [0.15, 0.2) is 0 Å². The Hall–Kier alpha value is -1.22. The van der Waals surface area contributed by atoms with Crippen LogP contribution >= 0.6 is 0 Å². The second-order valence-electron chi connectivity index (χ2n) is 4.80. The van der Waals surface area contributed by atoms with Crippen LogP contribution < -0.4 is 11.3 Å². The Bertz CT molecular complexity index is 528. The molecule has 0 radical (unpaired) electrons. The molecule has 1 aromatic heterocycles. The maximum atomic E-state index is 12.6. The van der Waals surface area contributed by atoms with E-state index in [1.807, 2.05) is 0 Å². The molecule has 0 amide bonds. The van der Waals surface area contributed by atoms with Crippen LogP contribution in [0.3, 0.4) is 0 Å². The van der Waals surface area contributed by atoms with Crippen molar-refractivity contribution in [3.63, 3.8) is 0 Å². The van der Waals surface area contributed by atoms with Crippen LogP contribution in [0, 0.1) is 0 Å². The first-order valence-corrected chi connectivity index (χ1v) is 8.09. The van der Waals surface area contributed by atoms with Gasteiger partial charge in [-0.2, -0.15) is 4.31 Å². The summed E-state index contributed by atoms with van der Waals surface area (Å²) in [5.41, 5.74) is 2.36. The van der Waals surface area contributed by atoms with Gasteiger partial charge in [0.2, 0.25) is 10.0 Å². The standard InChI is InChI=1S/C12H20N4O3S/c13-15-12-6-5-11(9-14-12)20(18,19)16(7-2-8-17)10-3-1-4-10/h5-6,9-10,17H,1-4,7-8,13H2,(H,14,15). The van der Waals surface area contributed by atoms with E-state index in [9.17, 15) is 8.42 Å². The average molecular weight is 300 g/mol. The first kappa shape index (κ1) is 15.2. The van der Waals surface area contributed by atoms with Crippen molar-refractivity contribution < 1.29 is 13.5 Å². The largest absolute Gasteiger partial charge is 0.396 e. The van der Waals surface area contributed by atoms with Gasteiger partial charge in [0.25, 0.3) is 0 Å². The molecule has 112 valence electrons. The van der Waals surface area contributed by atoms with Crippen LogP contribution in [0.4, 0.5) is 5.82 Å². The number of nitrogen functional groups attached to an aromatic ring is 1. The van der Waals surface area contributed by atoms with Crippen LogP contribution in [0.1, 0.15) is 25.7 Å². The molecule has 2 rings (SSSR count). The predicted molar refractivity (Wildman–Crippen MR) is 75.3 cm³/mol. The highest BCUT2D eigenvalue weighted by Crippen LogP contribution is 2.30. The van der Waals surface area contributed by atoms with Gasteiger partial charge in [-0.25, -0.2) is 19.2 Å². The van der Waals surface area contributed by atoms with Gasteiger partial charge in [-0.05, 0) is 31.4 Å². The topological polar surface area (TPSA) is 109 Å². The summed E-state index contributed by atoms with van der Waals surface area (Å²) < 4.78 is 26.7. The van der Waals surface area contributed by atoms with Gasteiger partial charge in [-0.1, -0.05) is 6.42 Å². The lowest BCUT2D eigenvalue weighted by atomic mass is 9.93. The third kappa shape index (κ3) is 3.09. The summed E-state index contributed by atoms with van der Waals surface area (Å²) >= 11 is 0. The van der Waals surface area contributed by atoms with Crippen LogP contribution in [-0.4, -0.2) is 42.0 Å². The van der Waals surface area contributed by atoms with E-state index >= 15 is 0 Å². The molecule has 4 N–H and O–H groups in total. The van der Waals surface area contributed by atoms with E-state index in [0.717, 1.165) is 19.3 Å². The first-order chi connectivity index (χ1) is 9.59. The Kier molecular flexibility index (Phi) is 4.92. The van der Waals surface area contributed by atoms with E-state index < -0.39 is 10.0 Å². The summed E-state index contributed by atoms with van der Waals surface area (Å²) in [7, 11) is -3.57. The lowest BCUT2D eigenvalue weighted by Gasteiger charge is -2.36. The number of rotatable bonds is 7. The van der Waals surface area contributed by atoms with E-state index in [1.54, 1.807) is 0 Å². The number of nitrogens with zero attached hydrogens (tertiary/aromatic N) is 2. The predicted octanol–water partition coefficient (Wildman–Crippen LogP) is 0.293. The summed E-state index contributed by atoms with van der Waals surface area (Å²) in [6, 6.07) is 3.05. The number of aliphatic hydroxyl groups is 1. The van der Waals surface area contributed by atoms with E-state index in [2.05, 4.69) is 10.4 Å². The molecule has 0 aromatic carbocycles. The molecular weight excluding hydrogens is 280 g/mol. The molecule has 0 saturated heterocycles. The average Bonchev–Trinajstić information content (AvgIpc) is 2.41. The minimum atomic E-state index is -3.57. The van der Waals surface area contributed by atoms with E-state index in [1.165, 1.54) is 22.6 Å². The van der Waals surface area contributed by atoms with Crippen LogP contribution in [0.2, 0.25) is 0 Å². The summed E-state index contributed by atoms with van der Waals surface area (Å²) in [5.74, 6) is 5.62. The number of nitrogens with one attached hydrogen (secondary N) is 1. The summed E-state index contributed by atoms with van der Waals surface area (Å²) in [6.07, 6.45) is 4.53. The molecule has 1 heterocycles. The molecule has 1 fully saturated rings. The van der Waals surface area contributed by atoms with Crippen molar-refractivity contribution in [2.45, 2.75) is 36.6 Å². The Labute approximate surface area is 118 Å². The zero-order valence-electron chi connectivity index (χ0n) is 11.2. The molecule has 0 unspecified atom stereocenters. The highest BCUT2D eigenvalue weighted by Gasteiger charge is 2.34. The van der Waals surface area contributed by atoms with Gasteiger partial charge in [0.05, 0.1) is 0 Å². The summed E-state index contributed by atoms with van der Waals surface area (Å²) in [4.78, 5) is 4.09. The number of nitrogens with two attached hydrogens (primary N) is 1. The van der Waals surface area contributed by atoms with E-state index in [0.29, 0.717) is 18.8 Å². The van der Waals surface area contributed by atoms with E-state index in [4.69, 9.17) is 10.9 Å². The van der Waals surface area contributed by atoms with Gasteiger partial charge >= 0.3 is 0 Å². The lowest BCUT2D eigenvalue weighted by molar-refractivity contribution is 0.198. The fourth-order valence-corrected chi connectivity index (χ4v) is 3.82. The quantitative estimate of drug-likeness (QED) is 0.493. The van der Waals surface area contributed by atoms with Crippen LogP contribution in [0.15, 0.2) is 23.2 Å². The highest BCUT2D eigenvalue weighted by atomic mass is 32.2. The fourth-order valence-electron chi connectivity index (χ4n) is 2.15. The van der Waals surface area contributed by atoms with Crippen molar-refractivity contribution >= 4 is 15.8 Å². The Balaban J connectivity index is 2.23. The normalized spacial score (nSPS) is 16.1. The van der Waals surface area contributed by atoms with Gasteiger partial charge in [-0.15, -0.1) is 0 Å². The van der Waals surface area contributed by atoms with Crippen molar-refractivity contribution in [1.82, 2.24) is 9.29 Å². The third-order valence-corrected chi connectivity index (χ3v) is 5.44. The Morgan fingerprint density at radius 1 is 1.45 bits per heavy atom. The fraction of sp³-hybridized carbons (Fsp3) is 0.583. The molecule has 1 aromatic rings. The monoisotopic (exact) mass is 300 g/mol. The Morgan fingerprint density at radius 3 is 2.65 bits per heavy atom. The number of aromatic nitrogens is 1. The minimum absolute atomic E-state index is 0.0208. The number of hydrogen-bond donors (Lipinski definition) is 3. The van der Waals surface area contributed by atoms with Crippen molar-refractivity contribution in [3.8, 4) is 0 Å². The SMILES string of the molecule is NNc1ccc(S(=O)(=O)N(CCCO)C2CCC2)cn1. The number of pyridine rings is 1. The van der Waals surface area contributed by atoms with Crippen molar-refractivity contribution in [2.75, 3.05) is 18.6 Å². The third-order valence-electron chi connectivity index (χ3n) is 3.51. The molecule has 1 aliphatic carbocycles. The smallest absolute Gasteiger partial charge is 0.244 e. The second kappa shape index (κ2) is 6.49. The van der Waals surface area contributed by atoms with Crippen LogP contribution in [-0.2, 0) is 10.0 Å². The molecule has 1 aliphatic rings.